The van der Waals surface area contributed by atoms with E-state index in [4.69, 9.17) is 5.73 Å². The third-order valence-corrected chi connectivity index (χ3v) is 3.54. The first-order valence-electron chi connectivity index (χ1n) is 6.89. The van der Waals surface area contributed by atoms with Crippen LogP contribution in [0.5, 0.6) is 0 Å². The lowest BCUT2D eigenvalue weighted by Gasteiger charge is -2.11. The Hall–Kier alpha value is -2.30. The van der Waals surface area contributed by atoms with E-state index in [0.29, 0.717) is 13.1 Å². The Morgan fingerprint density at radius 2 is 2.10 bits per heavy atom. The van der Waals surface area contributed by atoms with Crippen molar-refractivity contribution in [2.45, 2.75) is 12.8 Å². The number of hydrogen-bond donors (Lipinski definition) is 3. The fraction of sp³-hybridized carbons (Fsp3) is 0.333. The highest BCUT2D eigenvalue weighted by Crippen LogP contribution is 2.29. The minimum absolute atomic E-state index is 0.177. The molecule has 0 unspecified atom stereocenters. The number of nitrogens with zero attached hydrogens (tertiary/aromatic N) is 1. The minimum Gasteiger partial charge on any atom is -0.398 e. The zero-order valence-corrected chi connectivity index (χ0v) is 11.2. The molecule has 1 aliphatic rings. The number of carbonyl (C=O) groups excluding carboxylic acids is 1. The van der Waals surface area contributed by atoms with Crippen molar-refractivity contribution in [2.75, 3.05) is 24.1 Å². The molecule has 2 aromatic rings. The summed E-state index contributed by atoms with van der Waals surface area (Å²) in [6.45, 7) is 1.31. The number of rotatable bonds is 5. The molecule has 3 rings (SSSR count). The maximum atomic E-state index is 11.5. The molecule has 0 bridgehead atoms. The van der Waals surface area contributed by atoms with Gasteiger partial charge in [-0.3, -0.25) is 9.78 Å². The van der Waals surface area contributed by atoms with Crippen molar-refractivity contribution in [2.24, 2.45) is 5.92 Å². The van der Waals surface area contributed by atoms with Crippen LogP contribution in [0.25, 0.3) is 10.8 Å². The summed E-state index contributed by atoms with van der Waals surface area (Å²) >= 11 is 0. The molecule has 1 aromatic heterocycles. The van der Waals surface area contributed by atoms with Crippen LogP contribution in [0.15, 0.2) is 30.6 Å². The number of nitrogens with one attached hydrogen (secondary N) is 2. The number of carbonyl (C=O) groups is 1. The lowest BCUT2D eigenvalue weighted by atomic mass is 10.1. The topological polar surface area (TPSA) is 80.0 Å². The maximum Gasteiger partial charge on any atom is 0.223 e. The first kappa shape index (κ1) is 12.7. The molecule has 1 saturated carbocycles. The van der Waals surface area contributed by atoms with Crippen LogP contribution in [-0.2, 0) is 4.79 Å². The van der Waals surface area contributed by atoms with Crippen molar-refractivity contribution in [1.29, 1.82) is 0 Å². The van der Waals surface area contributed by atoms with E-state index in [1.54, 1.807) is 12.4 Å². The lowest BCUT2D eigenvalue weighted by Crippen LogP contribution is -2.29. The van der Waals surface area contributed by atoms with Gasteiger partial charge in [0.05, 0.1) is 0 Å². The SMILES string of the molecule is Nc1ccc(NCCNC(=O)C2CC2)c2cnccc12. The van der Waals surface area contributed by atoms with Gasteiger partial charge in [-0.2, -0.15) is 0 Å². The molecule has 1 fully saturated rings. The van der Waals surface area contributed by atoms with Crippen LogP contribution in [0.2, 0.25) is 0 Å². The number of hydrogen-bond acceptors (Lipinski definition) is 4. The van der Waals surface area contributed by atoms with Crippen molar-refractivity contribution in [3.8, 4) is 0 Å². The summed E-state index contributed by atoms with van der Waals surface area (Å²) < 4.78 is 0. The Kier molecular flexibility index (Phi) is 3.41. The molecule has 20 heavy (non-hydrogen) atoms. The highest BCUT2D eigenvalue weighted by molar-refractivity contribution is 6.00. The third-order valence-electron chi connectivity index (χ3n) is 3.54. The fourth-order valence-electron chi connectivity index (χ4n) is 2.24. The Bertz CT molecular complexity index is 637. The van der Waals surface area contributed by atoms with Gasteiger partial charge in [-0.25, -0.2) is 0 Å². The van der Waals surface area contributed by atoms with E-state index in [0.717, 1.165) is 35.0 Å². The first-order chi connectivity index (χ1) is 9.75. The van der Waals surface area contributed by atoms with Crippen LogP contribution in [0.4, 0.5) is 11.4 Å². The second kappa shape index (κ2) is 5.36. The van der Waals surface area contributed by atoms with Gasteiger partial charge in [-0.15, -0.1) is 0 Å². The van der Waals surface area contributed by atoms with Gasteiger partial charge in [0, 0.05) is 53.5 Å². The molecule has 1 amide bonds. The van der Waals surface area contributed by atoms with E-state index < -0.39 is 0 Å². The van der Waals surface area contributed by atoms with Crippen LogP contribution in [0, 0.1) is 5.92 Å². The van der Waals surface area contributed by atoms with Gasteiger partial charge in [0.25, 0.3) is 0 Å². The monoisotopic (exact) mass is 270 g/mol. The van der Waals surface area contributed by atoms with Crippen molar-refractivity contribution >= 4 is 28.1 Å². The van der Waals surface area contributed by atoms with Gasteiger partial charge >= 0.3 is 0 Å². The van der Waals surface area contributed by atoms with E-state index in [1.165, 1.54) is 0 Å². The average Bonchev–Trinajstić information content (AvgIpc) is 3.30. The summed E-state index contributed by atoms with van der Waals surface area (Å²) in [6.07, 6.45) is 5.61. The molecule has 1 heterocycles. The molecule has 5 heteroatoms. The molecule has 1 aliphatic carbocycles. The first-order valence-corrected chi connectivity index (χ1v) is 6.89. The van der Waals surface area contributed by atoms with E-state index in [2.05, 4.69) is 15.6 Å². The second-order valence-electron chi connectivity index (χ2n) is 5.12. The third kappa shape index (κ3) is 2.66. The molecular weight excluding hydrogens is 252 g/mol. The number of nitrogen functional groups attached to an aromatic ring is 1. The van der Waals surface area contributed by atoms with Crippen LogP contribution in [0.1, 0.15) is 12.8 Å². The molecule has 0 radical (unpaired) electrons. The smallest absolute Gasteiger partial charge is 0.223 e. The van der Waals surface area contributed by atoms with Crippen molar-refractivity contribution in [3.05, 3.63) is 30.6 Å². The molecule has 0 aliphatic heterocycles. The van der Waals surface area contributed by atoms with Crippen molar-refractivity contribution < 1.29 is 4.79 Å². The Labute approximate surface area is 117 Å². The highest BCUT2D eigenvalue weighted by atomic mass is 16.2. The van der Waals surface area contributed by atoms with Gasteiger partial charge in [-0.1, -0.05) is 0 Å². The number of amides is 1. The van der Waals surface area contributed by atoms with Crippen molar-refractivity contribution in [1.82, 2.24) is 10.3 Å². The number of pyridine rings is 1. The average molecular weight is 270 g/mol. The number of fused-ring (bicyclic) bond motifs is 1. The van der Waals surface area contributed by atoms with Gasteiger partial charge in [-0.05, 0) is 31.0 Å². The zero-order valence-electron chi connectivity index (χ0n) is 11.2. The molecule has 104 valence electrons. The van der Waals surface area contributed by atoms with Gasteiger partial charge in [0.1, 0.15) is 0 Å². The Morgan fingerprint density at radius 1 is 1.25 bits per heavy atom. The van der Waals surface area contributed by atoms with Gasteiger partial charge < -0.3 is 16.4 Å². The van der Waals surface area contributed by atoms with E-state index >= 15 is 0 Å². The van der Waals surface area contributed by atoms with E-state index in [1.807, 2.05) is 18.2 Å². The summed E-state index contributed by atoms with van der Waals surface area (Å²) in [5.74, 6) is 0.437. The van der Waals surface area contributed by atoms with Crippen LogP contribution in [-0.4, -0.2) is 24.0 Å². The maximum absolute atomic E-state index is 11.5. The summed E-state index contributed by atoms with van der Waals surface area (Å²) in [5.41, 5.74) is 7.68. The Morgan fingerprint density at radius 3 is 2.90 bits per heavy atom. The van der Waals surface area contributed by atoms with Gasteiger partial charge in [0.15, 0.2) is 0 Å². The number of benzene rings is 1. The largest absolute Gasteiger partial charge is 0.398 e. The molecule has 0 atom stereocenters. The molecule has 0 spiro atoms. The summed E-state index contributed by atoms with van der Waals surface area (Å²) in [7, 11) is 0. The number of nitrogens with two attached hydrogens (primary N) is 1. The van der Waals surface area contributed by atoms with E-state index in [-0.39, 0.29) is 11.8 Å². The second-order valence-corrected chi connectivity index (χ2v) is 5.12. The number of anilines is 2. The molecule has 1 aromatic carbocycles. The highest BCUT2D eigenvalue weighted by Gasteiger charge is 2.28. The minimum atomic E-state index is 0.177. The van der Waals surface area contributed by atoms with Crippen molar-refractivity contribution in [3.63, 3.8) is 0 Å². The predicted octanol–water partition coefficient (Wildman–Crippen LogP) is 1.76. The zero-order chi connectivity index (χ0) is 13.9. The molecule has 0 saturated heterocycles. The normalized spacial score (nSPS) is 14.2. The standard InChI is InChI=1S/C15H18N4O/c16-13-3-4-14(12-9-17-6-5-11(12)13)18-7-8-19-15(20)10-1-2-10/h3-6,9-10,18H,1-2,7-8,16H2,(H,19,20). The lowest BCUT2D eigenvalue weighted by molar-refractivity contribution is -0.122. The molecular formula is C15H18N4O. The van der Waals surface area contributed by atoms with Gasteiger partial charge in [0.2, 0.25) is 5.91 Å². The summed E-state index contributed by atoms with van der Waals surface area (Å²) in [4.78, 5) is 15.6. The Balaban J connectivity index is 1.62. The van der Waals surface area contributed by atoms with E-state index in [9.17, 15) is 4.79 Å². The summed E-state index contributed by atoms with van der Waals surface area (Å²) in [6, 6.07) is 5.74. The summed E-state index contributed by atoms with van der Waals surface area (Å²) in [5, 5.41) is 8.25. The van der Waals surface area contributed by atoms with Crippen LogP contribution >= 0.6 is 0 Å². The number of aromatic nitrogens is 1. The van der Waals surface area contributed by atoms with Crippen LogP contribution in [0.3, 0.4) is 0 Å². The molecule has 5 nitrogen and oxygen atoms in total. The molecule has 4 N–H and O–H groups in total. The quantitative estimate of drug-likeness (QED) is 0.571. The predicted molar refractivity (Wildman–Crippen MR) is 80.4 cm³/mol. The van der Waals surface area contributed by atoms with Crippen LogP contribution < -0.4 is 16.4 Å². The fourth-order valence-corrected chi connectivity index (χ4v) is 2.24.